The molecule has 0 aromatic rings. The average molecular weight is 325 g/mol. The molecule has 0 aromatic heterocycles. The Kier molecular flexibility index (Phi) is 6.14. The van der Waals surface area contributed by atoms with Gasteiger partial charge in [-0.15, -0.1) is 0 Å². The molecule has 5 nitrogen and oxygen atoms in total. The van der Waals surface area contributed by atoms with Gasteiger partial charge in [-0.2, -0.15) is 0 Å². The van der Waals surface area contributed by atoms with Crippen LogP contribution in [0.4, 0.5) is 0 Å². The number of rotatable bonds is 5. The Morgan fingerprint density at radius 3 is 2.27 bits per heavy atom. The molecule has 1 amide bonds. The number of amides is 1. The third kappa shape index (κ3) is 4.07. The molecule has 22 heavy (non-hydrogen) atoms. The first-order valence-electron chi connectivity index (χ1n) is 7.43. The van der Waals surface area contributed by atoms with Crippen LogP contribution >= 0.6 is 0 Å². The molecule has 0 aliphatic heterocycles. The fraction of sp³-hybridized carbons (Fsp3) is 0.625. The van der Waals surface area contributed by atoms with E-state index in [2.05, 4.69) is 31.0 Å². The van der Waals surface area contributed by atoms with Gasteiger partial charge < -0.3 is 14.8 Å². The third-order valence-corrected chi connectivity index (χ3v) is 5.95. The van der Waals surface area contributed by atoms with Crippen molar-refractivity contribution in [2.75, 3.05) is 20.8 Å². The summed E-state index contributed by atoms with van der Waals surface area (Å²) < 4.78 is 10.3. The van der Waals surface area contributed by atoms with Crippen molar-refractivity contribution in [2.45, 2.75) is 39.5 Å². The zero-order valence-corrected chi connectivity index (χ0v) is 15.6. The first-order valence-corrected chi connectivity index (χ1v) is 10.9. The van der Waals surface area contributed by atoms with E-state index < -0.39 is 8.07 Å². The van der Waals surface area contributed by atoms with Crippen molar-refractivity contribution in [1.82, 2.24) is 5.32 Å². The maximum absolute atomic E-state index is 12.3. The molecule has 1 aliphatic rings. The molecule has 1 N–H and O–H groups in total. The molecule has 0 bridgehead atoms. The van der Waals surface area contributed by atoms with Gasteiger partial charge in [0.15, 0.2) is 0 Å². The molecule has 0 radical (unpaired) electrons. The van der Waals surface area contributed by atoms with Crippen LogP contribution in [0.15, 0.2) is 22.4 Å². The predicted molar refractivity (Wildman–Crippen MR) is 89.1 cm³/mol. The van der Waals surface area contributed by atoms with E-state index in [1.165, 1.54) is 14.0 Å². The Labute approximate surface area is 133 Å². The first-order chi connectivity index (χ1) is 10.1. The van der Waals surface area contributed by atoms with Gasteiger partial charge in [-0.25, -0.2) is 4.79 Å². The number of esters is 1. The number of nitrogens with one attached hydrogen (secondary N) is 1. The fourth-order valence-electron chi connectivity index (χ4n) is 2.85. The molecule has 124 valence electrons. The monoisotopic (exact) mass is 325 g/mol. The summed E-state index contributed by atoms with van der Waals surface area (Å²) in [6, 6.07) is -0.200. The summed E-state index contributed by atoms with van der Waals surface area (Å²) in [6.45, 7) is 10.4. The standard InChI is InChI=1S/C16H27NO4Si/c1-10-13(17-11(2)18)8-14(22(5,6)7)12(9-20-3)15(10)16(19)21-4/h8,10,13H,9H2,1-7H3,(H,17,18)/t10-,13-/m0/s1. The zero-order valence-electron chi connectivity index (χ0n) is 14.6. The Morgan fingerprint density at radius 1 is 1.27 bits per heavy atom. The highest BCUT2D eigenvalue weighted by Gasteiger charge is 2.37. The molecule has 0 heterocycles. The lowest BCUT2D eigenvalue weighted by Crippen LogP contribution is -2.44. The minimum Gasteiger partial charge on any atom is -0.466 e. The van der Waals surface area contributed by atoms with Crippen LogP contribution < -0.4 is 5.32 Å². The van der Waals surface area contributed by atoms with Gasteiger partial charge in [0, 0.05) is 25.5 Å². The minimum atomic E-state index is -1.72. The summed E-state index contributed by atoms with van der Waals surface area (Å²) in [4.78, 5) is 23.8. The van der Waals surface area contributed by atoms with Crippen LogP contribution in [0.25, 0.3) is 0 Å². The van der Waals surface area contributed by atoms with E-state index in [-0.39, 0.29) is 23.8 Å². The zero-order chi connectivity index (χ0) is 17.1. The predicted octanol–water partition coefficient (Wildman–Crippen LogP) is 2.06. The third-order valence-electron chi connectivity index (χ3n) is 3.86. The van der Waals surface area contributed by atoms with Gasteiger partial charge in [-0.1, -0.05) is 37.8 Å². The molecule has 0 unspecified atom stereocenters. The number of methoxy groups -OCH3 is 2. The van der Waals surface area contributed by atoms with E-state index in [1.807, 2.05) is 6.92 Å². The Morgan fingerprint density at radius 2 is 1.86 bits per heavy atom. The molecule has 0 saturated heterocycles. The van der Waals surface area contributed by atoms with Crippen LogP contribution in [0, 0.1) is 5.92 Å². The summed E-state index contributed by atoms with van der Waals surface area (Å²) in [5.41, 5.74) is 1.53. The van der Waals surface area contributed by atoms with Crippen LogP contribution in [0.2, 0.25) is 19.6 Å². The number of carbonyl (C=O) groups is 2. The second-order valence-electron chi connectivity index (χ2n) is 6.66. The minimum absolute atomic E-state index is 0.109. The topological polar surface area (TPSA) is 64.6 Å². The molecule has 0 spiro atoms. The van der Waals surface area contributed by atoms with E-state index >= 15 is 0 Å². The first kappa shape index (κ1) is 18.6. The van der Waals surface area contributed by atoms with Gasteiger partial charge >= 0.3 is 5.97 Å². The summed E-state index contributed by atoms with van der Waals surface area (Å²) in [5.74, 6) is -0.609. The van der Waals surface area contributed by atoms with Crippen molar-refractivity contribution in [3.05, 3.63) is 22.4 Å². The van der Waals surface area contributed by atoms with Crippen molar-refractivity contribution < 1.29 is 19.1 Å². The van der Waals surface area contributed by atoms with Crippen molar-refractivity contribution in [1.29, 1.82) is 0 Å². The van der Waals surface area contributed by atoms with Gasteiger partial charge in [0.05, 0.1) is 27.8 Å². The van der Waals surface area contributed by atoms with Crippen molar-refractivity contribution >= 4 is 20.0 Å². The second-order valence-corrected chi connectivity index (χ2v) is 11.7. The van der Waals surface area contributed by atoms with Crippen molar-refractivity contribution in [3.8, 4) is 0 Å². The highest BCUT2D eigenvalue weighted by Crippen LogP contribution is 2.35. The maximum Gasteiger partial charge on any atom is 0.334 e. The Balaban J connectivity index is 3.47. The highest BCUT2D eigenvalue weighted by molar-refractivity contribution is 6.84. The van der Waals surface area contributed by atoms with E-state index in [4.69, 9.17) is 9.47 Å². The largest absolute Gasteiger partial charge is 0.466 e. The number of carbonyl (C=O) groups excluding carboxylic acids is 2. The highest BCUT2D eigenvalue weighted by atomic mass is 28.3. The lowest BCUT2D eigenvalue weighted by atomic mass is 9.84. The van der Waals surface area contributed by atoms with Gasteiger partial charge in [-0.3, -0.25) is 4.79 Å². The molecule has 2 atom stereocenters. The second kappa shape index (κ2) is 7.24. The Hall–Kier alpha value is -1.40. The van der Waals surface area contributed by atoms with Crippen LogP contribution in [0.5, 0.6) is 0 Å². The lowest BCUT2D eigenvalue weighted by Gasteiger charge is -2.35. The van der Waals surface area contributed by atoms with Crippen molar-refractivity contribution in [3.63, 3.8) is 0 Å². The quantitative estimate of drug-likeness (QED) is 0.621. The van der Waals surface area contributed by atoms with E-state index in [9.17, 15) is 9.59 Å². The van der Waals surface area contributed by atoms with Crippen LogP contribution in [-0.2, 0) is 19.1 Å². The van der Waals surface area contributed by atoms with E-state index in [0.29, 0.717) is 12.2 Å². The van der Waals surface area contributed by atoms with Crippen LogP contribution in [-0.4, -0.2) is 46.8 Å². The van der Waals surface area contributed by atoms with Crippen LogP contribution in [0.1, 0.15) is 13.8 Å². The molecule has 0 fully saturated rings. The summed E-state index contributed by atoms with van der Waals surface area (Å²) >= 11 is 0. The van der Waals surface area contributed by atoms with Gasteiger partial charge in [0.25, 0.3) is 0 Å². The van der Waals surface area contributed by atoms with E-state index in [0.717, 1.165) is 10.8 Å². The van der Waals surface area contributed by atoms with Crippen LogP contribution in [0.3, 0.4) is 0 Å². The summed E-state index contributed by atoms with van der Waals surface area (Å²) in [6.07, 6.45) is 2.10. The molecule has 1 aliphatic carbocycles. The number of ether oxygens (including phenoxy) is 2. The molecule has 0 aromatic carbocycles. The SMILES string of the molecule is COCC1=C(C(=O)OC)[C@@H](C)[C@@H](NC(C)=O)C=C1[Si](C)(C)C. The molecule has 0 saturated carbocycles. The Bertz CT molecular complexity index is 517. The van der Waals surface area contributed by atoms with Crippen molar-refractivity contribution in [2.24, 2.45) is 5.92 Å². The summed E-state index contributed by atoms with van der Waals surface area (Å²) in [7, 11) is 1.29. The average Bonchev–Trinajstić information content (AvgIpc) is 2.39. The van der Waals surface area contributed by atoms with Gasteiger partial charge in [-0.05, 0) is 5.57 Å². The molecule has 6 heteroatoms. The molecular formula is C16H27NO4Si. The number of hydrogen-bond acceptors (Lipinski definition) is 4. The summed E-state index contributed by atoms with van der Waals surface area (Å²) in [5, 5.41) is 4.07. The number of hydrogen-bond donors (Lipinski definition) is 1. The molecule has 1 rings (SSSR count). The lowest BCUT2D eigenvalue weighted by molar-refractivity contribution is -0.137. The van der Waals surface area contributed by atoms with Gasteiger partial charge in [0.2, 0.25) is 5.91 Å². The smallest absolute Gasteiger partial charge is 0.334 e. The normalized spacial score (nSPS) is 22.2. The van der Waals surface area contributed by atoms with Gasteiger partial charge in [0.1, 0.15) is 0 Å². The maximum atomic E-state index is 12.3. The molecular weight excluding hydrogens is 298 g/mol. The van der Waals surface area contributed by atoms with E-state index in [1.54, 1.807) is 7.11 Å². The fourth-order valence-corrected chi connectivity index (χ4v) is 4.64.